The van der Waals surface area contributed by atoms with Crippen LogP contribution in [-0.4, -0.2) is 29.6 Å². The van der Waals surface area contributed by atoms with Gasteiger partial charge in [0, 0.05) is 24.9 Å². The maximum absolute atomic E-state index is 13.2. The molecule has 1 N–H and O–H groups in total. The van der Waals surface area contributed by atoms with Gasteiger partial charge in [0.1, 0.15) is 5.82 Å². The summed E-state index contributed by atoms with van der Waals surface area (Å²) in [6, 6.07) is 8.44. The maximum Gasteiger partial charge on any atom is 0.416 e. The van der Waals surface area contributed by atoms with Crippen molar-refractivity contribution in [2.45, 2.75) is 44.8 Å². The van der Waals surface area contributed by atoms with Crippen LogP contribution in [0.2, 0.25) is 0 Å². The highest BCUT2D eigenvalue weighted by atomic mass is 19.4. The van der Waals surface area contributed by atoms with Crippen molar-refractivity contribution in [3.8, 4) is 5.88 Å². The molecular formula is C23H26F3N3O. The lowest BCUT2D eigenvalue weighted by Crippen LogP contribution is -2.32. The monoisotopic (exact) mass is 417 g/mol. The average Bonchev–Trinajstić information content (AvgIpc) is 2.72. The molecule has 4 rings (SSSR count). The molecule has 0 atom stereocenters. The third-order valence-corrected chi connectivity index (χ3v) is 5.71. The molecule has 2 aliphatic heterocycles. The van der Waals surface area contributed by atoms with Gasteiger partial charge in [-0.3, -0.25) is 4.90 Å². The Hall–Kier alpha value is -2.54. The number of ether oxygens (including phenoxy) is 1. The van der Waals surface area contributed by atoms with E-state index in [9.17, 15) is 13.2 Å². The second kappa shape index (κ2) is 8.68. The zero-order valence-electron chi connectivity index (χ0n) is 16.9. The molecule has 160 valence electrons. The van der Waals surface area contributed by atoms with E-state index in [2.05, 4.69) is 21.8 Å². The Morgan fingerprint density at radius 3 is 2.77 bits per heavy atom. The predicted molar refractivity (Wildman–Crippen MR) is 110 cm³/mol. The second-order valence-corrected chi connectivity index (χ2v) is 7.91. The first-order chi connectivity index (χ1) is 14.4. The number of pyridine rings is 1. The average molecular weight is 417 g/mol. The maximum atomic E-state index is 13.2. The molecular weight excluding hydrogens is 391 g/mol. The first kappa shape index (κ1) is 20.7. The van der Waals surface area contributed by atoms with Gasteiger partial charge in [-0.1, -0.05) is 18.7 Å². The number of nitrogens with zero attached hydrogens (tertiary/aromatic N) is 2. The van der Waals surface area contributed by atoms with E-state index >= 15 is 0 Å². The van der Waals surface area contributed by atoms with Crippen molar-refractivity contribution in [2.24, 2.45) is 0 Å². The number of benzene rings is 1. The van der Waals surface area contributed by atoms with Gasteiger partial charge in [0.15, 0.2) is 0 Å². The van der Waals surface area contributed by atoms with Crippen molar-refractivity contribution in [1.29, 1.82) is 0 Å². The van der Waals surface area contributed by atoms with Gasteiger partial charge in [-0.05, 0) is 67.5 Å². The van der Waals surface area contributed by atoms with Crippen molar-refractivity contribution < 1.29 is 17.9 Å². The van der Waals surface area contributed by atoms with Crippen molar-refractivity contribution >= 4 is 5.82 Å². The molecule has 7 heteroatoms. The zero-order chi connectivity index (χ0) is 21.1. The topological polar surface area (TPSA) is 37.4 Å². The van der Waals surface area contributed by atoms with Crippen LogP contribution in [0.3, 0.4) is 0 Å². The highest BCUT2D eigenvalue weighted by Gasteiger charge is 2.35. The molecule has 2 aromatic rings. The standard InChI is InChI=1S/C23H26F3N3O/c1-16-7-8-17-9-10-21(28-22(17)27-16)30-14-3-2-12-29-13-11-19-18(15-29)5-4-6-20(19)23(24,25)26/h4-6,9-10H,1-3,7-8,11-15H2,(H,27,28). The van der Waals surface area contributed by atoms with Crippen LogP contribution in [0, 0.1) is 0 Å². The SMILES string of the molecule is C=C1CCc2ccc(OCCCCN3CCc4c(cccc4C(F)(F)F)C3)nc2N1. The molecule has 0 radical (unpaired) electrons. The van der Waals surface area contributed by atoms with E-state index in [1.807, 2.05) is 18.2 Å². The van der Waals surface area contributed by atoms with Gasteiger partial charge in [-0.25, -0.2) is 0 Å². The number of anilines is 1. The normalized spacial score (nSPS) is 16.6. The molecule has 1 aromatic heterocycles. The van der Waals surface area contributed by atoms with Crippen LogP contribution in [0.5, 0.6) is 5.88 Å². The van der Waals surface area contributed by atoms with E-state index < -0.39 is 11.7 Å². The van der Waals surface area contributed by atoms with Gasteiger partial charge in [0.05, 0.1) is 12.2 Å². The van der Waals surface area contributed by atoms with E-state index in [-0.39, 0.29) is 0 Å². The molecule has 3 heterocycles. The van der Waals surface area contributed by atoms with E-state index in [4.69, 9.17) is 4.74 Å². The third-order valence-electron chi connectivity index (χ3n) is 5.71. The summed E-state index contributed by atoms with van der Waals surface area (Å²) in [5.74, 6) is 1.43. The molecule has 30 heavy (non-hydrogen) atoms. The lowest BCUT2D eigenvalue weighted by molar-refractivity contribution is -0.138. The molecule has 0 saturated heterocycles. The highest BCUT2D eigenvalue weighted by Crippen LogP contribution is 2.35. The Morgan fingerprint density at radius 2 is 1.93 bits per heavy atom. The molecule has 0 amide bonds. The fraction of sp³-hybridized carbons (Fsp3) is 0.435. The summed E-state index contributed by atoms with van der Waals surface area (Å²) in [6.45, 7) is 6.59. The molecule has 2 aliphatic rings. The number of halogens is 3. The van der Waals surface area contributed by atoms with Crippen LogP contribution in [0.1, 0.15) is 41.5 Å². The Balaban J connectivity index is 1.23. The lowest BCUT2D eigenvalue weighted by atomic mass is 9.94. The fourth-order valence-electron chi connectivity index (χ4n) is 4.11. The molecule has 1 aromatic carbocycles. The number of nitrogens with one attached hydrogen (secondary N) is 1. The largest absolute Gasteiger partial charge is 0.478 e. The number of rotatable bonds is 6. The molecule has 0 aliphatic carbocycles. The van der Waals surface area contributed by atoms with Crippen molar-refractivity contribution in [3.63, 3.8) is 0 Å². The van der Waals surface area contributed by atoms with Crippen LogP contribution < -0.4 is 10.1 Å². The number of hydrogen-bond donors (Lipinski definition) is 1. The van der Waals surface area contributed by atoms with Crippen LogP contribution >= 0.6 is 0 Å². The van der Waals surface area contributed by atoms with Crippen molar-refractivity contribution in [1.82, 2.24) is 9.88 Å². The van der Waals surface area contributed by atoms with Gasteiger partial charge in [-0.2, -0.15) is 18.2 Å². The smallest absolute Gasteiger partial charge is 0.416 e. The summed E-state index contributed by atoms with van der Waals surface area (Å²) < 4.78 is 45.3. The molecule has 0 fully saturated rings. The Kier molecular flexibility index (Phi) is 5.99. The summed E-state index contributed by atoms with van der Waals surface area (Å²) in [7, 11) is 0. The lowest BCUT2D eigenvalue weighted by Gasteiger charge is -2.30. The number of alkyl halides is 3. The summed E-state index contributed by atoms with van der Waals surface area (Å²) >= 11 is 0. The minimum Gasteiger partial charge on any atom is -0.478 e. The molecule has 0 saturated carbocycles. The van der Waals surface area contributed by atoms with Crippen molar-refractivity contribution in [3.05, 3.63) is 64.9 Å². The van der Waals surface area contributed by atoms with Gasteiger partial charge < -0.3 is 10.1 Å². The summed E-state index contributed by atoms with van der Waals surface area (Å²) in [6.07, 6.45) is -0.179. The second-order valence-electron chi connectivity index (χ2n) is 7.91. The van der Waals surface area contributed by atoms with Crippen LogP contribution in [-0.2, 0) is 25.6 Å². The molecule has 4 nitrogen and oxygen atoms in total. The minimum absolute atomic E-state index is 0.443. The molecule has 0 bridgehead atoms. The predicted octanol–water partition coefficient (Wildman–Crippen LogP) is 5.19. The Morgan fingerprint density at radius 1 is 1.07 bits per heavy atom. The Labute approximate surface area is 174 Å². The summed E-state index contributed by atoms with van der Waals surface area (Å²) in [4.78, 5) is 6.73. The fourth-order valence-corrected chi connectivity index (χ4v) is 4.11. The number of unbranched alkanes of at least 4 members (excludes halogenated alkanes) is 1. The first-order valence-electron chi connectivity index (χ1n) is 10.4. The number of hydrogen-bond acceptors (Lipinski definition) is 4. The van der Waals surface area contributed by atoms with Crippen LogP contribution in [0.4, 0.5) is 19.0 Å². The number of allylic oxidation sites excluding steroid dienone is 1. The van der Waals surface area contributed by atoms with Gasteiger partial charge >= 0.3 is 6.18 Å². The third kappa shape index (κ3) is 4.78. The Bertz CT molecular complexity index is 926. The van der Waals surface area contributed by atoms with E-state index in [0.717, 1.165) is 49.3 Å². The zero-order valence-corrected chi connectivity index (χ0v) is 16.9. The molecule has 0 unspecified atom stereocenters. The number of aryl methyl sites for hydroxylation is 1. The van der Waals surface area contributed by atoms with Crippen LogP contribution in [0.15, 0.2) is 42.6 Å². The van der Waals surface area contributed by atoms with Gasteiger partial charge in [0.25, 0.3) is 0 Å². The van der Waals surface area contributed by atoms with E-state index in [1.165, 1.54) is 17.7 Å². The summed E-state index contributed by atoms with van der Waals surface area (Å²) in [5, 5.41) is 3.20. The summed E-state index contributed by atoms with van der Waals surface area (Å²) in [5.41, 5.74) is 2.91. The minimum atomic E-state index is -4.28. The van der Waals surface area contributed by atoms with E-state index in [0.29, 0.717) is 37.6 Å². The highest BCUT2D eigenvalue weighted by molar-refractivity contribution is 5.53. The van der Waals surface area contributed by atoms with Gasteiger partial charge in [-0.15, -0.1) is 0 Å². The number of aromatic nitrogens is 1. The number of fused-ring (bicyclic) bond motifs is 2. The first-order valence-corrected chi connectivity index (χ1v) is 10.4. The van der Waals surface area contributed by atoms with E-state index in [1.54, 1.807) is 0 Å². The quantitative estimate of drug-likeness (QED) is 0.657. The molecule has 0 spiro atoms. The van der Waals surface area contributed by atoms with Gasteiger partial charge in [0.2, 0.25) is 5.88 Å². The van der Waals surface area contributed by atoms with Crippen molar-refractivity contribution in [2.75, 3.05) is 25.0 Å². The van der Waals surface area contributed by atoms with Crippen LogP contribution in [0.25, 0.3) is 0 Å².